The van der Waals surface area contributed by atoms with E-state index in [4.69, 9.17) is 11.6 Å². The van der Waals surface area contributed by atoms with Gasteiger partial charge in [-0.25, -0.2) is 4.98 Å². The summed E-state index contributed by atoms with van der Waals surface area (Å²) >= 11 is 12.7. The number of hydrogen-bond acceptors (Lipinski definition) is 5. The molecule has 0 aliphatic heterocycles. The van der Waals surface area contributed by atoms with Crippen LogP contribution in [0.4, 0.5) is 5.13 Å². The molecule has 27 heavy (non-hydrogen) atoms. The van der Waals surface area contributed by atoms with E-state index in [2.05, 4.69) is 39.7 Å². The molecule has 0 N–H and O–H groups in total. The first-order valence-corrected chi connectivity index (χ1v) is 11.2. The van der Waals surface area contributed by atoms with Gasteiger partial charge in [-0.3, -0.25) is 9.69 Å². The maximum absolute atomic E-state index is 13.1. The van der Waals surface area contributed by atoms with Crippen molar-refractivity contribution in [2.24, 2.45) is 0 Å². The van der Waals surface area contributed by atoms with Crippen LogP contribution in [0.15, 0.2) is 34.1 Å². The van der Waals surface area contributed by atoms with Gasteiger partial charge in [-0.15, -0.1) is 23.7 Å². The molecule has 0 spiro atoms. The predicted molar refractivity (Wildman–Crippen MR) is 123 cm³/mol. The van der Waals surface area contributed by atoms with Gasteiger partial charge in [0.2, 0.25) is 0 Å². The van der Waals surface area contributed by atoms with Crippen molar-refractivity contribution in [3.63, 3.8) is 0 Å². The van der Waals surface area contributed by atoms with E-state index in [1.54, 1.807) is 4.90 Å². The minimum atomic E-state index is -0.0250. The zero-order chi connectivity index (χ0) is 18.7. The molecule has 1 aromatic carbocycles. The van der Waals surface area contributed by atoms with E-state index in [1.807, 2.05) is 30.3 Å². The fraction of sp³-hybridized carbons (Fsp3) is 0.333. The lowest BCUT2D eigenvalue weighted by molar-refractivity contribution is 0.0987. The van der Waals surface area contributed by atoms with Crippen molar-refractivity contribution in [2.75, 3.05) is 31.1 Å². The average molecular weight is 509 g/mol. The molecule has 0 aliphatic rings. The molecule has 9 heteroatoms. The summed E-state index contributed by atoms with van der Waals surface area (Å²) in [6.07, 6.45) is 0. The van der Waals surface area contributed by atoms with Crippen molar-refractivity contribution >= 4 is 83.9 Å². The van der Waals surface area contributed by atoms with Gasteiger partial charge in [0.15, 0.2) is 5.13 Å². The van der Waals surface area contributed by atoms with Crippen LogP contribution >= 0.6 is 62.6 Å². The quantitative estimate of drug-likeness (QED) is 0.382. The van der Waals surface area contributed by atoms with Gasteiger partial charge in [-0.05, 0) is 53.3 Å². The van der Waals surface area contributed by atoms with Crippen molar-refractivity contribution in [3.05, 3.63) is 44.0 Å². The summed E-state index contributed by atoms with van der Waals surface area (Å²) in [6, 6.07) is 9.46. The molecule has 0 aliphatic carbocycles. The Labute approximate surface area is 186 Å². The number of para-hydroxylation sites is 1. The first-order chi connectivity index (χ1) is 12.5. The maximum atomic E-state index is 13.1. The summed E-state index contributed by atoms with van der Waals surface area (Å²) in [4.78, 5) is 22.6. The third kappa shape index (κ3) is 5.22. The number of amides is 1. The Hall–Kier alpha value is -0.700. The summed E-state index contributed by atoms with van der Waals surface area (Å²) in [7, 11) is 0. The number of anilines is 1. The van der Waals surface area contributed by atoms with Crippen LogP contribution in [0, 0.1) is 0 Å². The van der Waals surface area contributed by atoms with Crippen molar-refractivity contribution in [1.29, 1.82) is 0 Å². The minimum absolute atomic E-state index is 0. The third-order valence-electron chi connectivity index (χ3n) is 4.15. The molecule has 0 saturated carbocycles. The van der Waals surface area contributed by atoms with Gasteiger partial charge < -0.3 is 4.90 Å². The number of thiazole rings is 1. The number of nitrogens with zero attached hydrogens (tertiary/aromatic N) is 3. The van der Waals surface area contributed by atoms with Gasteiger partial charge in [0.05, 0.1) is 18.4 Å². The summed E-state index contributed by atoms with van der Waals surface area (Å²) in [6.45, 7) is 7.55. The summed E-state index contributed by atoms with van der Waals surface area (Å²) in [5, 5.41) is 1.30. The van der Waals surface area contributed by atoms with Gasteiger partial charge >= 0.3 is 0 Å². The van der Waals surface area contributed by atoms with Crippen LogP contribution in [0.3, 0.4) is 0 Å². The highest BCUT2D eigenvalue weighted by Crippen LogP contribution is 2.34. The van der Waals surface area contributed by atoms with E-state index in [0.717, 1.165) is 33.6 Å². The topological polar surface area (TPSA) is 36.4 Å². The van der Waals surface area contributed by atoms with Gasteiger partial charge in [0, 0.05) is 13.1 Å². The van der Waals surface area contributed by atoms with Crippen molar-refractivity contribution in [2.45, 2.75) is 13.8 Å². The van der Waals surface area contributed by atoms with E-state index < -0.39 is 0 Å². The molecule has 0 unspecified atom stereocenters. The summed E-state index contributed by atoms with van der Waals surface area (Å²) in [5.74, 6) is -0.0250. The third-order valence-corrected chi connectivity index (χ3v) is 7.11. The lowest BCUT2D eigenvalue weighted by Crippen LogP contribution is -2.38. The first kappa shape index (κ1) is 22.6. The smallest absolute Gasteiger partial charge is 0.270 e. The molecule has 0 fully saturated rings. The predicted octanol–water partition coefficient (Wildman–Crippen LogP) is 6.18. The molecule has 2 aromatic heterocycles. The number of carbonyl (C=O) groups excluding carboxylic acids is 1. The average Bonchev–Trinajstić information content (AvgIpc) is 3.25. The molecule has 0 saturated heterocycles. The van der Waals surface area contributed by atoms with E-state index in [9.17, 15) is 4.79 Å². The molecule has 3 rings (SSSR count). The second-order valence-electron chi connectivity index (χ2n) is 5.67. The van der Waals surface area contributed by atoms with E-state index in [0.29, 0.717) is 21.6 Å². The summed E-state index contributed by atoms with van der Waals surface area (Å²) < 4.78 is 1.93. The molecule has 2 heterocycles. The number of halogens is 3. The fourth-order valence-electron chi connectivity index (χ4n) is 2.65. The van der Waals surface area contributed by atoms with E-state index in [1.165, 1.54) is 22.7 Å². The number of benzene rings is 1. The standard InChI is InChI=1S/C18H19BrClN3OS2.ClH/c1-3-22(4-2)10-11-23(17(24)14-8-9-15(19)25-14)18-21-16-12(20)6-5-7-13(16)26-18;/h5-9H,3-4,10-11H2,1-2H3;1H. The second-order valence-corrected chi connectivity index (χ2v) is 9.55. The van der Waals surface area contributed by atoms with E-state index >= 15 is 0 Å². The summed E-state index contributed by atoms with van der Waals surface area (Å²) in [5.41, 5.74) is 0.752. The second kappa shape index (κ2) is 10.2. The number of carbonyl (C=O) groups is 1. The van der Waals surface area contributed by atoms with Crippen molar-refractivity contribution < 1.29 is 4.79 Å². The SMILES string of the molecule is CCN(CC)CCN(C(=O)c1ccc(Br)s1)c1nc2c(Cl)cccc2s1.Cl. The largest absolute Gasteiger partial charge is 0.302 e. The Balaban J connectivity index is 0.00000261. The molecule has 1 amide bonds. The van der Waals surface area contributed by atoms with Gasteiger partial charge in [-0.2, -0.15) is 0 Å². The molecule has 3 aromatic rings. The normalized spacial score (nSPS) is 11.0. The van der Waals surface area contributed by atoms with Crippen LogP contribution in [-0.2, 0) is 0 Å². The molecule has 0 radical (unpaired) electrons. The van der Waals surface area contributed by atoms with Crippen molar-refractivity contribution in [3.8, 4) is 0 Å². The van der Waals surface area contributed by atoms with Crippen LogP contribution in [0.5, 0.6) is 0 Å². The highest BCUT2D eigenvalue weighted by atomic mass is 79.9. The Morgan fingerprint density at radius 1 is 1.15 bits per heavy atom. The Morgan fingerprint density at radius 2 is 1.89 bits per heavy atom. The van der Waals surface area contributed by atoms with Crippen LogP contribution in [0.25, 0.3) is 10.2 Å². The number of hydrogen-bond donors (Lipinski definition) is 0. The highest BCUT2D eigenvalue weighted by molar-refractivity contribution is 9.11. The zero-order valence-electron chi connectivity index (χ0n) is 14.9. The monoisotopic (exact) mass is 507 g/mol. The lowest BCUT2D eigenvalue weighted by Gasteiger charge is -2.24. The van der Waals surface area contributed by atoms with Crippen LogP contribution in [0.2, 0.25) is 5.02 Å². The zero-order valence-corrected chi connectivity index (χ0v) is 19.7. The number of aromatic nitrogens is 1. The lowest BCUT2D eigenvalue weighted by atomic mass is 10.3. The molecule has 0 bridgehead atoms. The maximum Gasteiger partial charge on any atom is 0.270 e. The number of rotatable bonds is 7. The number of likely N-dealkylation sites (N-methyl/N-ethyl adjacent to an activating group) is 1. The molecular weight excluding hydrogens is 489 g/mol. The fourth-order valence-corrected chi connectivity index (χ4v) is 5.27. The molecule has 146 valence electrons. The van der Waals surface area contributed by atoms with Gasteiger partial charge in [-0.1, -0.05) is 42.9 Å². The number of fused-ring (bicyclic) bond motifs is 1. The highest BCUT2D eigenvalue weighted by Gasteiger charge is 2.23. The van der Waals surface area contributed by atoms with Crippen LogP contribution < -0.4 is 4.90 Å². The molecule has 0 atom stereocenters. The molecule has 4 nitrogen and oxygen atoms in total. The Kier molecular flexibility index (Phi) is 8.52. The van der Waals surface area contributed by atoms with E-state index in [-0.39, 0.29) is 18.3 Å². The van der Waals surface area contributed by atoms with Crippen LogP contribution in [-0.4, -0.2) is 42.0 Å². The van der Waals surface area contributed by atoms with Gasteiger partial charge in [0.1, 0.15) is 5.52 Å². The van der Waals surface area contributed by atoms with Crippen LogP contribution in [0.1, 0.15) is 23.5 Å². The van der Waals surface area contributed by atoms with Crippen molar-refractivity contribution in [1.82, 2.24) is 9.88 Å². The minimum Gasteiger partial charge on any atom is -0.302 e. The van der Waals surface area contributed by atoms with Gasteiger partial charge in [0.25, 0.3) is 5.91 Å². The first-order valence-electron chi connectivity index (χ1n) is 8.38. The number of thiophene rings is 1. The Morgan fingerprint density at radius 3 is 2.48 bits per heavy atom. The Bertz CT molecular complexity index is 911. The molecular formula is C18H20BrCl2N3OS2.